The molecular weight excluding hydrogens is 217 g/mol. The van der Waals surface area contributed by atoms with Crippen LogP contribution in [0.15, 0.2) is 18.2 Å². The zero-order valence-corrected chi connectivity index (χ0v) is 9.64. The quantitative estimate of drug-likeness (QED) is 0.864. The van der Waals surface area contributed by atoms with E-state index in [1.807, 2.05) is 0 Å². The maximum Gasteiger partial charge on any atom is 0.127 e. The number of methoxy groups -OCH3 is 1. The molecule has 1 aromatic rings. The second kappa shape index (κ2) is 4.92. The van der Waals surface area contributed by atoms with Crippen molar-refractivity contribution >= 4 is 11.6 Å². The molecule has 2 N–H and O–H groups in total. The molecular formula is C11H15ClFNO. The van der Waals surface area contributed by atoms with Crippen LogP contribution in [0.25, 0.3) is 0 Å². The Balaban J connectivity index is 2.89. The highest BCUT2D eigenvalue weighted by Crippen LogP contribution is 2.23. The Morgan fingerprint density at radius 3 is 2.73 bits per heavy atom. The van der Waals surface area contributed by atoms with Gasteiger partial charge in [-0.2, -0.15) is 0 Å². The van der Waals surface area contributed by atoms with E-state index in [0.717, 1.165) is 0 Å². The summed E-state index contributed by atoms with van der Waals surface area (Å²) in [7, 11) is 1.56. The summed E-state index contributed by atoms with van der Waals surface area (Å²) in [6.07, 6.45) is 0.354. The standard InChI is InChI=1S/C11H15ClFNO/c1-11(14,7-15-2)6-8-9(12)4-3-5-10(8)13/h3-5H,6-7,14H2,1-2H3. The summed E-state index contributed by atoms with van der Waals surface area (Å²) in [4.78, 5) is 0. The number of hydrogen-bond donors (Lipinski definition) is 1. The monoisotopic (exact) mass is 231 g/mol. The lowest BCUT2D eigenvalue weighted by molar-refractivity contribution is 0.140. The molecule has 84 valence electrons. The molecule has 0 aromatic heterocycles. The fraction of sp³-hybridized carbons (Fsp3) is 0.455. The maximum atomic E-state index is 13.4. The highest BCUT2D eigenvalue weighted by atomic mass is 35.5. The van der Waals surface area contributed by atoms with Crippen molar-refractivity contribution < 1.29 is 9.13 Å². The molecule has 0 aliphatic carbocycles. The molecule has 1 aromatic carbocycles. The number of rotatable bonds is 4. The van der Waals surface area contributed by atoms with Crippen LogP contribution < -0.4 is 5.73 Å². The fourth-order valence-electron chi connectivity index (χ4n) is 1.49. The molecule has 0 spiro atoms. The first-order valence-electron chi connectivity index (χ1n) is 4.67. The SMILES string of the molecule is COCC(C)(N)Cc1c(F)cccc1Cl. The van der Waals surface area contributed by atoms with Crippen molar-refractivity contribution in [2.24, 2.45) is 5.73 Å². The van der Waals surface area contributed by atoms with Crippen molar-refractivity contribution in [2.45, 2.75) is 18.9 Å². The molecule has 0 fully saturated rings. The van der Waals surface area contributed by atoms with Gasteiger partial charge in [0.05, 0.1) is 6.61 Å². The van der Waals surface area contributed by atoms with Crippen molar-refractivity contribution in [1.82, 2.24) is 0 Å². The van der Waals surface area contributed by atoms with Crippen molar-refractivity contribution in [3.63, 3.8) is 0 Å². The third-order valence-corrected chi connectivity index (χ3v) is 2.47. The van der Waals surface area contributed by atoms with Crippen molar-refractivity contribution in [3.8, 4) is 0 Å². The Labute approximate surface area is 94.2 Å². The molecule has 0 aliphatic rings. The van der Waals surface area contributed by atoms with E-state index in [9.17, 15) is 4.39 Å². The molecule has 4 heteroatoms. The lowest BCUT2D eigenvalue weighted by Gasteiger charge is -2.24. The predicted molar refractivity (Wildman–Crippen MR) is 59.6 cm³/mol. The van der Waals surface area contributed by atoms with Crippen LogP contribution in [0.4, 0.5) is 4.39 Å². The van der Waals surface area contributed by atoms with Gasteiger partial charge >= 0.3 is 0 Å². The van der Waals surface area contributed by atoms with Gasteiger partial charge in [0.25, 0.3) is 0 Å². The second-order valence-corrected chi connectivity index (χ2v) is 4.37. The molecule has 15 heavy (non-hydrogen) atoms. The summed E-state index contributed by atoms with van der Waals surface area (Å²) in [6, 6.07) is 4.61. The Kier molecular flexibility index (Phi) is 4.08. The summed E-state index contributed by atoms with van der Waals surface area (Å²) in [5.74, 6) is -0.324. The van der Waals surface area contributed by atoms with Crippen LogP contribution in [-0.2, 0) is 11.2 Å². The Bertz CT molecular complexity index is 321. The van der Waals surface area contributed by atoms with E-state index < -0.39 is 5.54 Å². The van der Waals surface area contributed by atoms with Gasteiger partial charge in [-0.05, 0) is 25.5 Å². The van der Waals surface area contributed by atoms with Gasteiger partial charge in [-0.15, -0.1) is 0 Å². The molecule has 0 aliphatic heterocycles. The normalized spacial score (nSPS) is 15.0. The fourth-order valence-corrected chi connectivity index (χ4v) is 1.72. The second-order valence-electron chi connectivity index (χ2n) is 3.96. The van der Waals surface area contributed by atoms with Crippen LogP contribution in [0.1, 0.15) is 12.5 Å². The van der Waals surface area contributed by atoms with Gasteiger partial charge in [-0.3, -0.25) is 0 Å². The zero-order valence-electron chi connectivity index (χ0n) is 8.89. The molecule has 0 saturated carbocycles. The van der Waals surface area contributed by atoms with Gasteiger partial charge in [0.15, 0.2) is 0 Å². The average Bonchev–Trinajstić information content (AvgIpc) is 2.11. The van der Waals surface area contributed by atoms with Gasteiger partial charge in [0.2, 0.25) is 0 Å². The molecule has 1 atom stereocenters. The topological polar surface area (TPSA) is 35.2 Å². The van der Waals surface area contributed by atoms with Crippen LogP contribution in [-0.4, -0.2) is 19.3 Å². The van der Waals surface area contributed by atoms with Gasteiger partial charge < -0.3 is 10.5 Å². The molecule has 2 nitrogen and oxygen atoms in total. The van der Waals surface area contributed by atoms with Gasteiger partial charge in [-0.25, -0.2) is 4.39 Å². The summed E-state index contributed by atoms with van der Waals surface area (Å²) in [5.41, 5.74) is 5.78. The first-order valence-corrected chi connectivity index (χ1v) is 5.05. The molecule has 1 unspecified atom stereocenters. The van der Waals surface area contributed by atoms with Crippen LogP contribution in [0.3, 0.4) is 0 Å². The van der Waals surface area contributed by atoms with Crippen molar-refractivity contribution in [3.05, 3.63) is 34.6 Å². The number of nitrogens with two attached hydrogens (primary N) is 1. The lowest BCUT2D eigenvalue weighted by atomic mass is 9.94. The van der Waals surface area contributed by atoms with E-state index >= 15 is 0 Å². The molecule has 0 radical (unpaired) electrons. The van der Waals surface area contributed by atoms with E-state index in [1.165, 1.54) is 6.07 Å². The Morgan fingerprint density at radius 2 is 2.20 bits per heavy atom. The lowest BCUT2D eigenvalue weighted by Crippen LogP contribution is -2.43. The summed E-state index contributed by atoms with van der Waals surface area (Å²) in [6.45, 7) is 2.16. The minimum absolute atomic E-state index is 0.324. The van der Waals surface area contributed by atoms with Crippen molar-refractivity contribution in [1.29, 1.82) is 0 Å². The third kappa shape index (κ3) is 3.45. The largest absolute Gasteiger partial charge is 0.383 e. The minimum Gasteiger partial charge on any atom is -0.383 e. The number of benzene rings is 1. The van der Waals surface area contributed by atoms with Gasteiger partial charge in [0.1, 0.15) is 5.82 Å². The van der Waals surface area contributed by atoms with E-state index in [2.05, 4.69) is 0 Å². The minimum atomic E-state index is -0.611. The summed E-state index contributed by atoms with van der Waals surface area (Å²) in [5, 5.41) is 0.405. The van der Waals surface area contributed by atoms with Crippen LogP contribution >= 0.6 is 11.6 Å². The Hall–Kier alpha value is -0.640. The maximum absolute atomic E-state index is 13.4. The molecule has 0 heterocycles. The van der Waals surface area contributed by atoms with Gasteiger partial charge in [-0.1, -0.05) is 17.7 Å². The molecule has 1 rings (SSSR count). The summed E-state index contributed by atoms with van der Waals surface area (Å²) < 4.78 is 18.4. The average molecular weight is 232 g/mol. The number of halogens is 2. The van der Waals surface area contributed by atoms with Crippen molar-refractivity contribution in [2.75, 3.05) is 13.7 Å². The highest BCUT2D eigenvalue weighted by molar-refractivity contribution is 6.31. The van der Waals surface area contributed by atoms with Gasteiger partial charge in [0, 0.05) is 23.2 Å². The molecule has 0 amide bonds. The molecule has 0 saturated heterocycles. The van der Waals surface area contributed by atoms with E-state index in [1.54, 1.807) is 26.2 Å². The van der Waals surface area contributed by atoms with Crippen LogP contribution in [0.5, 0.6) is 0 Å². The van der Waals surface area contributed by atoms with E-state index in [0.29, 0.717) is 23.6 Å². The first kappa shape index (κ1) is 12.4. The molecule has 0 bridgehead atoms. The third-order valence-electron chi connectivity index (χ3n) is 2.12. The Morgan fingerprint density at radius 1 is 1.53 bits per heavy atom. The first-order chi connectivity index (χ1) is 6.96. The zero-order chi connectivity index (χ0) is 11.5. The summed E-state index contributed by atoms with van der Waals surface area (Å²) >= 11 is 5.90. The predicted octanol–water partition coefficient (Wildman–Crippen LogP) is 2.39. The number of hydrogen-bond acceptors (Lipinski definition) is 2. The van der Waals surface area contributed by atoms with Crippen LogP contribution in [0.2, 0.25) is 5.02 Å². The van der Waals surface area contributed by atoms with Crippen LogP contribution in [0, 0.1) is 5.82 Å². The van der Waals surface area contributed by atoms with E-state index in [4.69, 9.17) is 22.1 Å². The number of ether oxygens (including phenoxy) is 1. The van der Waals surface area contributed by atoms with E-state index in [-0.39, 0.29) is 5.82 Å². The highest BCUT2D eigenvalue weighted by Gasteiger charge is 2.22. The smallest absolute Gasteiger partial charge is 0.127 e.